The van der Waals surface area contributed by atoms with Crippen LogP contribution in [0.3, 0.4) is 0 Å². The Morgan fingerprint density at radius 2 is 2.18 bits per heavy atom. The SMILES string of the molecule is Cc1nnc(-c2cc(N3CC(C(=O)O)CC3=O)ccc2O)o1. The lowest BCUT2D eigenvalue weighted by molar-refractivity contribution is -0.141. The molecule has 0 spiro atoms. The van der Waals surface area contributed by atoms with Gasteiger partial charge in [-0.2, -0.15) is 0 Å². The van der Waals surface area contributed by atoms with Gasteiger partial charge in [0.1, 0.15) is 5.75 Å². The summed E-state index contributed by atoms with van der Waals surface area (Å²) in [5, 5.41) is 26.5. The van der Waals surface area contributed by atoms with Crippen molar-refractivity contribution in [2.24, 2.45) is 5.92 Å². The third kappa shape index (κ3) is 2.39. The molecule has 1 aromatic carbocycles. The second-order valence-corrected chi connectivity index (χ2v) is 5.07. The van der Waals surface area contributed by atoms with Gasteiger partial charge in [-0.05, 0) is 18.2 Å². The van der Waals surface area contributed by atoms with E-state index in [2.05, 4.69) is 10.2 Å². The highest BCUT2D eigenvalue weighted by Gasteiger charge is 2.35. The third-order valence-corrected chi connectivity index (χ3v) is 3.52. The van der Waals surface area contributed by atoms with Crippen LogP contribution in [0.4, 0.5) is 5.69 Å². The van der Waals surface area contributed by atoms with E-state index in [9.17, 15) is 14.7 Å². The Morgan fingerprint density at radius 1 is 1.41 bits per heavy atom. The average Bonchev–Trinajstić information content (AvgIpc) is 3.06. The number of aliphatic carboxylic acids is 1. The summed E-state index contributed by atoms with van der Waals surface area (Å²) in [6.45, 7) is 1.72. The van der Waals surface area contributed by atoms with E-state index in [1.165, 1.54) is 17.0 Å². The fourth-order valence-corrected chi connectivity index (χ4v) is 2.39. The molecule has 2 heterocycles. The number of hydrogen-bond acceptors (Lipinski definition) is 6. The topological polar surface area (TPSA) is 117 Å². The Bertz CT molecular complexity index is 755. The van der Waals surface area contributed by atoms with Crippen LogP contribution < -0.4 is 4.90 Å². The first-order valence-electron chi connectivity index (χ1n) is 6.62. The van der Waals surface area contributed by atoms with Crippen molar-refractivity contribution >= 4 is 17.6 Å². The van der Waals surface area contributed by atoms with Crippen molar-refractivity contribution < 1.29 is 24.2 Å². The summed E-state index contributed by atoms with van der Waals surface area (Å²) in [7, 11) is 0. The zero-order chi connectivity index (χ0) is 15.9. The van der Waals surface area contributed by atoms with E-state index in [4.69, 9.17) is 9.52 Å². The van der Waals surface area contributed by atoms with Gasteiger partial charge in [-0.1, -0.05) is 0 Å². The number of aromatic nitrogens is 2. The van der Waals surface area contributed by atoms with Crippen molar-refractivity contribution in [1.82, 2.24) is 10.2 Å². The van der Waals surface area contributed by atoms with Crippen LogP contribution in [0.15, 0.2) is 22.6 Å². The molecule has 114 valence electrons. The molecular weight excluding hydrogens is 290 g/mol. The van der Waals surface area contributed by atoms with E-state index < -0.39 is 11.9 Å². The number of carboxylic acids is 1. The Hall–Kier alpha value is -2.90. The van der Waals surface area contributed by atoms with Gasteiger partial charge in [-0.15, -0.1) is 10.2 Å². The molecule has 22 heavy (non-hydrogen) atoms. The largest absolute Gasteiger partial charge is 0.507 e. The lowest BCUT2D eigenvalue weighted by Crippen LogP contribution is -2.25. The Balaban J connectivity index is 1.96. The summed E-state index contributed by atoms with van der Waals surface area (Å²) in [5.74, 6) is -1.57. The third-order valence-electron chi connectivity index (χ3n) is 3.52. The molecule has 0 bridgehead atoms. The second kappa shape index (κ2) is 5.14. The minimum absolute atomic E-state index is 0.0365. The van der Waals surface area contributed by atoms with E-state index in [1.54, 1.807) is 13.0 Å². The lowest BCUT2D eigenvalue weighted by atomic mass is 10.1. The van der Waals surface area contributed by atoms with Crippen molar-refractivity contribution in [3.8, 4) is 17.2 Å². The molecule has 8 heteroatoms. The Morgan fingerprint density at radius 3 is 2.77 bits per heavy atom. The zero-order valence-electron chi connectivity index (χ0n) is 11.7. The summed E-state index contributed by atoms with van der Waals surface area (Å²) in [6, 6.07) is 4.49. The molecule has 1 aromatic heterocycles. The number of hydrogen-bond donors (Lipinski definition) is 2. The standard InChI is InChI=1S/C14H13N3O5/c1-7-15-16-13(22-7)10-5-9(2-3-11(10)18)17-6-8(14(20)21)4-12(17)19/h2-3,5,8,18H,4,6H2,1H3,(H,20,21). The van der Waals surface area contributed by atoms with E-state index >= 15 is 0 Å². The smallest absolute Gasteiger partial charge is 0.308 e. The monoisotopic (exact) mass is 303 g/mol. The van der Waals surface area contributed by atoms with Crippen molar-refractivity contribution in [2.45, 2.75) is 13.3 Å². The van der Waals surface area contributed by atoms with Gasteiger partial charge in [0.25, 0.3) is 5.89 Å². The fraction of sp³-hybridized carbons (Fsp3) is 0.286. The van der Waals surface area contributed by atoms with Crippen molar-refractivity contribution in [2.75, 3.05) is 11.4 Å². The minimum atomic E-state index is -0.998. The number of aromatic hydroxyl groups is 1. The number of aryl methyl sites for hydroxylation is 1. The van der Waals surface area contributed by atoms with Crippen LogP contribution in [0.25, 0.3) is 11.5 Å². The number of anilines is 1. The van der Waals surface area contributed by atoms with Gasteiger partial charge in [0.15, 0.2) is 0 Å². The lowest BCUT2D eigenvalue weighted by Gasteiger charge is -2.17. The Labute approximate surface area is 125 Å². The highest BCUT2D eigenvalue weighted by molar-refractivity contribution is 5.99. The number of carboxylic acid groups (broad SMARTS) is 1. The molecule has 1 aliphatic rings. The molecule has 2 aromatic rings. The summed E-state index contributed by atoms with van der Waals surface area (Å²) in [6.07, 6.45) is -0.0365. The first kappa shape index (κ1) is 14.1. The fourth-order valence-electron chi connectivity index (χ4n) is 2.39. The number of carbonyl (C=O) groups excluding carboxylic acids is 1. The molecule has 3 rings (SSSR count). The van der Waals surface area contributed by atoms with Crippen LogP contribution >= 0.6 is 0 Å². The zero-order valence-corrected chi connectivity index (χ0v) is 11.7. The van der Waals surface area contributed by atoms with Gasteiger partial charge < -0.3 is 19.5 Å². The normalized spacial score (nSPS) is 18.0. The number of nitrogens with zero attached hydrogens (tertiary/aromatic N) is 3. The number of phenolic OH excluding ortho intramolecular Hbond substituents is 1. The van der Waals surface area contributed by atoms with Crippen LogP contribution in [0.2, 0.25) is 0 Å². The van der Waals surface area contributed by atoms with Gasteiger partial charge in [-0.25, -0.2) is 0 Å². The van der Waals surface area contributed by atoms with Gasteiger partial charge >= 0.3 is 5.97 Å². The highest BCUT2D eigenvalue weighted by atomic mass is 16.4. The number of carbonyl (C=O) groups is 2. The van der Waals surface area contributed by atoms with Crippen LogP contribution in [-0.4, -0.2) is 38.8 Å². The molecule has 1 amide bonds. The number of amides is 1. The van der Waals surface area contributed by atoms with Crippen molar-refractivity contribution in [3.63, 3.8) is 0 Å². The molecule has 2 N–H and O–H groups in total. The maximum atomic E-state index is 12.0. The first-order chi connectivity index (χ1) is 10.5. The minimum Gasteiger partial charge on any atom is -0.507 e. The quantitative estimate of drug-likeness (QED) is 0.874. The summed E-state index contributed by atoms with van der Waals surface area (Å²) < 4.78 is 5.27. The van der Waals surface area contributed by atoms with E-state index in [-0.39, 0.29) is 30.5 Å². The molecule has 1 aliphatic heterocycles. The van der Waals surface area contributed by atoms with Crippen molar-refractivity contribution in [3.05, 3.63) is 24.1 Å². The summed E-state index contributed by atoms with van der Waals surface area (Å²) in [5.41, 5.74) is 0.780. The van der Waals surface area contributed by atoms with Gasteiger partial charge in [0.2, 0.25) is 11.8 Å². The van der Waals surface area contributed by atoms with E-state index in [0.717, 1.165) is 0 Å². The average molecular weight is 303 g/mol. The summed E-state index contributed by atoms with van der Waals surface area (Å²) in [4.78, 5) is 24.4. The molecule has 0 aliphatic carbocycles. The number of phenols is 1. The number of rotatable bonds is 3. The maximum absolute atomic E-state index is 12.0. The van der Waals surface area contributed by atoms with E-state index in [1.807, 2.05) is 0 Å². The van der Waals surface area contributed by atoms with Crippen LogP contribution in [-0.2, 0) is 9.59 Å². The van der Waals surface area contributed by atoms with Crippen LogP contribution in [0, 0.1) is 12.8 Å². The molecule has 0 radical (unpaired) electrons. The molecule has 1 fully saturated rings. The van der Waals surface area contributed by atoms with Crippen LogP contribution in [0.1, 0.15) is 12.3 Å². The molecule has 1 atom stereocenters. The Kier molecular flexibility index (Phi) is 3.28. The molecule has 1 saturated heterocycles. The maximum Gasteiger partial charge on any atom is 0.308 e. The highest BCUT2D eigenvalue weighted by Crippen LogP contribution is 2.34. The first-order valence-corrected chi connectivity index (χ1v) is 6.62. The predicted molar refractivity (Wildman–Crippen MR) is 74.2 cm³/mol. The van der Waals surface area contributed by atoms with E-state index in [0.29, 0.717) is 17.1 Å². The summed E-state index contributed by atoms with van der Waals surface area (Å²) >= 11 is 0. The number of benzene rings is 1. The molecule has 0 saturated carbocycles. The van der Waals surface area contributed by atoms with Gasteiger partial charge in [0.05, 0.1) is 11.5 Å². The second-order valence-electron chi connectivity index (χ2n) is 5.07. The molecule has 8 nitrogen and oxygen atoms in total. The predicted octanol–water partition coefficient (Wildman–Crippen LogP) is 1.19. The van der Waals surface area contributed by atoms with Gasteiger partial charge in [0, 0.05) is 25.6 Å². The molecule has 1 unspecified atom stereocenters. The van der Waals surface area contributed by atoms with Crippen LogP contribution in [0.5, 0.6) is 5.75 Å². The molecular formula is C14H13N3O5. The van der Waals surface area contributed by atoms with Gasteiger partial charge in [-0.3, -0.25) is 9.59 Å². The van der Waals surface area contributed by atoms with Crippen molar-refractivity contribution in [1.29, 1.82) is 0 Å².